The number of Topliss-reactive ketones (excluding diaryl/α,β-unsaturated/α-hetero) is 1. The molecule has 0 fully saturated rings. The molecule has 0 bridgehead atoms. The Morgan fingerprint density at radius 3 is 2.17 bits per heavy atom. The zero-order valence-corrected chi connectivity index (χ0v) is 33.5. The van der Waals surface area contributed by atoms with Gasteiger partial charge in [0.25, 0.3) is 6.01 Å². The SMILES string of the molecule is C#CCOC(=O)CCCOCCOCCOCCC(=O)NCCOCCOCCOCCC(=O)CCCCCn1nc(-c2ccc3oc(N)nc3c2)c2c(N)ncnc21. The number of nitrogens with zero attached hydrogens (tertiary/aromatic N) is 5. The number of anilines is 2. The number of ether oxygens (including phenoxy) is 7. The number of nitrogens with one attached hydrogen (secondary N) is 1. The fraction of sp³-hybridized carbons (Fsp3) is 0.575. The number of carbonyl (C=O) groups excluding carboxylic acids is 3. The summed E-state index contributed by atoms with van der Waals surface area (Å²) in [6.07, 6.45) is 10.8. The zero-order valence-electron chi connectivity index (χ0n) is 33.5. The number of unbranched alkanes of at least 4 members (excludes halogenated alkanes) is 2. The van der Waals surface area contributed by atoms with Gasteiger partial charge in [-0.1, -0.05) is 12.3 Å². The van der Waals surface area contributed by atoms with Crippen LogP contribution in [0.4, 0.5) is 11.8 Å². The number of amides is 1. The summed E-state index contributed by atoms with van der Waals surface area (Å²) in [4.78, 5) is 48.4. The van der Waals surface area contributed by atoms with Gasteiger partial charge in [0, 0.05) is 50.9 Å². The first-order chi connectivity index (χ1) is 28.9. The average Bonchev–Trinajstić information content (AvgIpc) is 3.80. The maximum atomic E-state index is 12.4. The number of terminal acetylenes is 1. The lowest BCUT2D eigenvalue weighted by Crippen LogP contribution is -2.28. The summed E-state index contributed by atoms with van der Waals surface area (Å²) in [7, 11) is 0. The molecule has 1 amide bonds. The molecule has 0 atom stereocenters. The van der Waals surface area contributed by atoms with Crippen LogP contribution in [0.5, 0.6) is 0 Å². The van der Waals surface area contributed by atoms with Crippen LogP contribution in [0.15, 0.2) is 28.9 Å². The van der Waals surface area contributed by atoms with E-state index < -0.39 is 0 Å². The maximum Gasteiger partial charge on any atom is 0.306 e. The molecule has 59 heavy (non-hydrogen) atoms. The summed E-state index contributed by atoms with van der Waals surface area (Å²) < 4.78 is 44.7. The van der Waals surface area contributed by atoms with Crippen molar-refractivity contribution in [1.82, 2.24) is 30.0 Å². The molecule has 0 aliphatic heterocycles. The van der Waals surface area contributed by atoms with Crippen LogP contribution in [0.25, 0.3) is 33.4 Å². The van der Waals surface area contributed by atoms with Crippen LogP contribution in [-0.2, 0) is 54.1 Å². The van der Waals surface area contributed by atoms with Crippen LogP contribution in [0.3, 0.4) is 0 Å². The number of aromatic nitrogens is 5. The fourth-order valence-corrected chi connectivity index (χ4v) is 5.66. The molecule has 4 rings (SSSR count). The van der Waals surface area contributed by atoms with Gasteiger partial charge in [0.2, 0.25) is 5.91 Å². The second-order valence-corrected chi connectivity index (χ2v) is 13.1. The first kappa shape index (κ1) is 46.5. The van der Waals surface area contributed by atoms with Gasteiger partial charge in [-0.3, -0.25) is 14.4 Å². The predicted molar refractivity (Wildman–Crippen MR) is 217 cm³/mol. The number of benzene rings is 1. The van der Waals surface area contributed by atoms with Crippen LogP contribution < -0.4 is 16.8 Å². The molecule has 4 aromatic rings. The largest absolute Gasteiger partial charge is 0.452 e. The number of hydrogen-bond donors (Lipinski definition) is 3. The van der Waals surface area contributed by atoms with Crippen molar-refractivity contribution in [3.05, 3.63) is 24.5 Å². The second-order valence-electron chi connectivity index (χ2n) is 13.1. The molecule has 3 aromatic heterocycles. The Kier molecular flexibility index (Phi) is 21.6. The zero-order chi connectivity index (χ0) is 41.9. The lowest BCUT2D eigenvalue weighted by molar-refractivity contribution is -0.142. The van der Waals surface area contributed by atoms with Crippen molar-refractivity contribution < 1.29 is 52.0 Å². The number of ketones is 1. The lowest BCUT2D eigenvalue weighted by atomic mass is 10.1. The number of esters is 1. The van der Waals surface area contributed by atoms with Gasteiger partial charge in [0.05, 0.1) is 78.1 Å². The molecule has 0 aliphatic rings. The van der Waals surface area contributed by atoms with Gasteiger partial charge in [-0.25, -0.2) is 14.6 Å². The quantitative estimate of drug-likeness (QED) is 0.0355. The van der Waals surface area contributed by atoms with E-state index >= 15 is 0 Å². The van der Waals surface area contributed by atoms with Crippen molar-refractivity contribution in [3.63, 3.8) is 0 Å². The fourth-order valence-electron chi connectivity index (χ4n) is 5.66. The summed E-state index contributed by atoms with van der Waals surface area (Å²) in [5.41, 5.74) is 15.2. The Labute approximate surface area is 343 Å². The van der Waals surface area contributed by atoms with Gasteiger partial charge < -0.3 is 54.4 Å². The Hall–Kier alpha value is -5.23. The van der Waals surface area contributed by atoms with E-state index in [1.165, 1.54) is 6.33 Å². The van der Waals surface area contributed by atoms with E-state index in [0.717, 1.165) is 24.8 Å². The van der Waals surface area contributed by atoms with Crippen LogP contribution >= 0.6 is 0 Å². The third kappa shape index (κ3) is 17.7. The van der Waals surface area contributed by atoms with Crippen LogP contribution in [0, 0.1) is 12.3 Å². The molecule has 19 nitrogen and oxygen atoms in total. The third-order valence-corrected chi connectivity index (χ3v) is 8.60. The van der Waals surface area contributed by atoms with Gasteiger partial charge in [-0.15, -0.1) is 6.42 Å². The van der Waals surface area contributed by atoms with E-state index in [1.54, 1.807) is 6.07 Å². The summed E-state index contributed by atoms with van der Waals surface area (Å²) in [6, 6.07) is 5.61. The van der Waals surface area contributed by atoms with Gasteiger partial charge in [-0.2, -0.15) is 10.1 Å². The molecule has 0 unspecified atom stereocenters. The number of hydrogen-bond acceptors (Lipinski definition) is 17. The molecule has 1 aromatic carbocycles. The van der Waals surface area contributed by atoms with Crippen molar-refractivity contribution >= 4 is 51.6 Å². The minimum atomic E-state index is -0.337. The molecule has 0 saturated heterocycles. The molecule has 322 valence electrons. The minimum absolute atomic E-state index is 0.0148. The lowest BCUT2D eigenvalue weighted by Gasteiger charge is -2.09. The molecule has 0 aliphatic carbocycles. The summed E-state index contributed by atoms with van der Waals surface area (Å²) >= 11 is 0. The van der Waals surface area contributed by atoms with Gasteiger partial charge >= 0.3 is 5.97 Å². The Balaban J connectivity index is 0.900. The topological polar surface area (TPSA) is 250 Å². The molecule has 0 radical (unpaired) electrons. The standard InChI is InChI=1S/C40H56N8O11/c1-2-15-58-35(51)8-6-16-52-20-24-56-26-22-54-18-12-34(50)43-13-19-55-23-27-57-25-21-53-17-11-31(49)7-4-3-5-14-48-39-36(38(41)44-29-45-39)37(47-48)30-9-10-33-32(28-30)46-40(42)59-33/h1,9-10,28-29H,3-8,11-27H2,(H2,42,46)(H,43,50)(H2,41,44,45). The molecule has 5 N–H and O–H groups in total. The monoisotopic (exact) mass is 824 g/mol. The van der Waals surface area contributed by atoms with E-state index in [2.05, 4.69) is 26.2 Å². The smallest absolute Gasteiger partial charge is 0.306 e. The second kappa shape index (κ2) is 27.5. The number of fused-ring (bicyclic) bond motifs is 2. The van der Waals surface area contributed by atoms with E-state index in [1.807, 2.05) is 16.8 Å². The molecular formula is C40H56N8O11. The van der Waals surface area contributed by atoms with Crippen molar-refractivity contribution in [2.75, 3.05) is 104 Å². The average molecular weight is 825 g/mol. The van der Waals surface area contributed by atoms with Crippen LogP contribution in [-0.4, -0.2) is 135 Å². The van der Waals surface area contributed by atoms with Crippen molar-refractivity contribution in [2.24, 2.45) is 0 Å². The Morgan fingerprint density at radius 1 is 0.763 bits per heavy atom. The molecule has 0 saturated carbocycles. The number of nitrogens with two attached hydrogens (primary N) is 2. The van der Waals surface area contributed by atoms with Gasteiger partial charge in [0.15, 0.2) is 17.8 Å². The van der Waals surface area contributed by atoms with Crippen LogP contribution in [0.1, 0.15) is 51.4 Å². The summed E-state index contributed by atoms with van der Waals surface area (Å²) in [5.74, 6) is 2.28. The number of rotatable bonds is 33. The van der Waals surface area contributed by atoms with Gasteiger partial charge in [0.1, 0.15) is 29.1 Å². The predicted octanol–water partition coefficient (Wildman–Crippen LogP) is 2.88. The number of carbonyl (C=O) groups is 3. The first-order valence-electron chi connectivity index (χ1n) is 19.8. The van der Waals surface area contributed by atoms with E-state index in [9.17, 15) is 14.4 Å². The molecule has 19 heteroatoms. The number of aryl methyl sites for hydroxylation is 1. The number of oxazole rings is 1. The highest BCUT2D eigenvalue weighted by Crippen LogP contribution is 2.32. The highest BCUT2D eigenvalue weighted by molar-refractivity contribution is 5.99. The van der Waals surface area contributed by atoms with E-state index in [0.29, 0.717) is 139 Å². The van der Waals surface area contributed by atoms with E-state index in [-0.39, 0.29) is 49.7 Å². The summed E-state index contributed by atoms with van der Waals surface area (Å²) in [6.45, 7) is 5.55. The Bertz CT molecular complexity index is 1910. The van der Waals surface area contributed by atoms with Gasteiger partial charge in [-0.05, 0) is 37.5 Å². The Morgan fingerprint density at radius 2 is 1.44 bits per heavy atom. The van der Waals surface area contributed by atoms with Crippen LogP contribution in [0.2, 0.25) is 0 Å². The van der Waals surface area contributed by atoms with Crippen molar-refractivity contribution in [3.8, 4) is 23.6 Å². The van der Waals surface area contributed by atoms with Crippen molar-refractivity contribution in [1.29, 1.82) is 0 Å². The molecule has 3 heterocycles. The first-order valence-corrected chi connectivity index (χ1v) is 19.8. The summed E-state index contributed by atoms with van der Waals surface area (Å²) in [5, 5.41) is 8.26. The minimum Gasteiger partial charge on any atom is -0.452 e. The maximum absolute atomic E-state index is 12.4. The van der Waals surface area contributed by atoms with Crippen molar-refractivity contribution in [2.45, 2.75) is 57.9 Å². The number of nitrogen functional groups attached to an aromatic ring is 2. The molecular weight excluding hydrogens is 768 g/mol. The highest BCUT2D eigenvalue weighted by atomic mass is 16.6. The van der Waals surface area contributed by atoms with E-state index in [4.69, 9.17) is 60.6 Å². The normalized spacial score (nSPS) is 11.3. The highest BCUT2D eigenvalue weighted by Gasteiger charge is 2.18. The third-order valence-electron chi connectivity index (χ3n) is 8.60. The molecule has 0 spiro atoms.